The smallest absolute Gasteiger partial charge is 0.243 e. The van der Waals surface area contributed by atoms with Crippen LogP contribution in [0.5, 0.6) is 0 Å². The zero-order chi connectivity index (χ0) is 13.9. The van der Waals surface area contributed by atoms with Crippen molar-refractivity contribution in [3.05, 3.63) is 11.7 Å². The van der Waals surface area contributed by atoms with Crippen LogP contribution in [0.15, 0.2) is 4.52 Å². The fourth-order valence-corrected chi connectivity index (χ4v) is 2.71. The van der Waals surface area contributed by atoms with E-state index in [1.165, 1.54) is 0 Å². The van der Waals surface area contributed by atoms with E-state index in [2.05, 4.69) is 24.0 Å². The fourth-order valence-electron chi connectivity index (χ4n) is 2.71. The van der Waals surface area contributed by atoms with Crippen molar-refractivity contribution < 1.29 is 9.26 Å². The molecule has 1 aromatic rings. The Labute approximate surface area is 114 Å². The minimum atomic E-state index is -0.342. The molecule has 0 unspecified atom stereocenters. The molecule has 0 spiro atoms. The summed E-state index contributed by atoms with van der Waals surface area (Å²) in [4.78, 5) is 4.52. The summed E-state index contributed by atoms with van der Waals surface area (Å²) >= 11 is 0. The lowest BCUT2D eigenvalue weighted by Gasteiger charge is -2.24. The molecule has 5 heteroatoms. The second-order valence-corrected chi connectivity index (χ2v) is 5.50. The molecule has 108 valence electrons. The van der Waals surface area contributed by atoms with Crippen LogP contribution in [-0.4, -0.2) is 16.7 Å². The Morgan fingerprint density at radius 2 is 2.05 bits per heavy atom. The van der Waals surface area contributed by atoms with Gasteiger partial charge < -0.3 is 15.0 Å². The largest absolute Gasteiger partial charge is 0.367 e. The van der Waals surface area contributed by atoms with Gasteiger partial charge in [-0.15, -0.1) is 0 Å². The van der Waals surface area contributed by atoms with Crippen molar-refractivity contribution in [2.45, 2.75) is 64.5 Å². The summed E-state index contributed by atoms with van der Waals surface area (Å²) in [6.45, 7) is 6.89. The molecule has 0 amide bonds. The monoisotopic (exact) mass is 267 g/mol. The third-order valence-corrected chi connectivity index (χ3v) is 4.22. The summed E-state index contributed by atoms with van der Waals surface area (Å²) in [7, 11) is 0. The molecule has 2 atom stereocenters. The van der Waals surface area contributed by atoms with Crippen LogP contribution < -0.4 is 5.73 Å². The van der Waals surface area contributed by atoms with Gasteiger partial charge in [0.05, 0.1) is 6.04 Å². The second kappa shape index (κ2) is 6.01. The summed E-state index contributed by atoms with van der Waals surface area (Å²) in [5.74, 6) is 1.55. The van der Waals surface area contributed by atoms with Crippen molar-refractivity contribution in [3.8, 4) is 0 Å². The van der Waals surface area contributed by atoms with E-state index in [0.29, 0.717) is 24.2 Å². The molecule has 1 aromatic heterocycles. The van der Waals surface area contributed by atoms with Crippen LogP contribution >= 0.6 is 0 Å². The molecular formula is C14H25N3O2. The number of aromatic nitrogens is 2. The molecule has 0 aliphatic heterocycles. The second-order valence-electron chi connectivity index (χ2n) is 5.50. The van der Waals surface area contributed by atoms with Crippen LogP contribution in [0.1, 0.15) is 70.6 Å². The highest BCUT2D eigenvalue weighted by Crippen LogP contribution is 2.41. The van der Waals surface area contributed by atoms with Gasteiger partial charge in [-0.2, -0.15) is 4.98 Å². The first-order chi connectivity index (χ1) is 9.13. The molecular weight excluding hydrogens is 242 g/mol. The molecule has 2 rings (SSSR count). The van der Waals surface area contributed by atoms with Crippen LogP contribution in [0.3, 0.4) is 0 Å². The van der Waals surface area contributed by atoms with Gasteiger partial charge in [0, 0.05) is 6.61 Å². The highest BCUT2D eigenvalue weighted by atomic mass is 16.5. The van der Waals surface area contributed by atoms with Crippen LogP contribution in [0.4, 0.5) is 0 Å². The zero-order valence-corrected chi connectivity index (χ0v) is 12.2. The zero-order valence-electron chi connectivity index (χ0n) is 12.2. The van der Waals surface area contributed by atoms with Gasteiger partial charge in [0.1, 0.15) is 5.60 Å². The fraction of sp³-hybridized carbons (Fsp3) is 0.857. The lowest BCUT2D eigenvalue weighted by atomic mass is 9.99. The Balaban J connectivity index is 2.19. The van der Waals surface area contributed by atoms with Gasteiger partial charge in [0.25, 0.3) is 0 Å². The molecule has 0 bridgehead atoms. The first kappa shape index (κ1) is 14.5. The average Bonchev–Trinajstić information content (AvgIpc) is 3.06. The summed E-state index contributed by atoms with van der Waals surface area (Å²) < 4.78 is 11.3. The maximum absolute atomic E-state index is 6.14. The van der Waals surface area contributed by atoms with E-state index in [-0.39, 0.29) is 11.6 Å². The van der Waals surface area contributed by atoms with E-state index in [4.69, 9.17) is 15.0 Å². The van der Waals surface area contributed by atoms with E-state index in [1.807, 2.05) is 6.92 Å². The number of nitrogens with two attached hydrogens (primary N) is 1. The van der Waals surface area contributed by atoms with Gasteiger partial charge in [-0.1, -0.05) is 25.4 Å². The number of rotatable bonds is 6. The van der Waals surface area contributed by atoms with Crippen molar-refractivity contribution in [2.75, 3.05) is 6.61 Å². The van der Waals surface area contributed by atoms with Crippen LogP contribution in [0.2, 0.25) is 0 Å². The Morgan fingerprint density at radius 1 is 1.37 bits per heavy atom. The molecule has 1 aliphatic carbocycles. The van der Waals surface area contributed by atoms with E-state index < -0.39 is 0 Å². The average molecular weight is 267 g/mol. The number of hydrogen-bond acceptors (Lipinski definition) is 5. The standard InChI is InChI=1S/C14H25N3O2/c1-4-10(3)11(15)12-16-13(17-19-12)14(18-5-2)8-6-7-9-14/h10-11H,4-9,15H2,1-3H3/t10-,11-/m0/s1. The van der Waals surface area contributed by atoms with Gasteiger partial charge in [0.2, 0.25) is 11.7 Å². The topological polar surface area (TPSA) is 74.2 Å². The lowest BCUT2D eigenvalue weighted by Crippen LogP contribution is -2.28. The van der Waals surface area contributed by atoms with Crippen molar-refractivity contribution in [1.29, 1.82) is 0 Å². The summed E-state index contributed by atoms with van der Waals surface area (Å²) in [5.41, 5.74) is 5.80. The predicted molar refractivity (Wildman–Crippen MR) is 72.5 cm³/mol. The lowest BCUT2D eigenvalue weighted by molar-refractivity contribution is -0.0469. The van der Waals surface area contributed by atoms with Crippen molar-refractivity contribution in [3.63, 3.8) is 0 Å². The van der Waals surface area contributed by atoms with E-state index in [0.717, 1.165) is 32.1 Å². The van der Waals surface area contributed by atoms with Gasteiger partial charge >= 0.3 is 0 Å². The normalized spacial score (nSPS) is 21.5. The molecule has 0 radical (unpaired) electrons. The minimum absolute atomic E-state index is 0.189. The van der Waals surface area contributed by atoms with E-state index in [9.17, 15) is 0 Å². The van der Waals surface area contributed by atoms with Gasteiger partial charge in [0.15, 0.2) is 0 Å². The quantitative estimate of drug-likeness (QED) is 0.857. The van der Waals surface area contributed by atoms with Crippen LogP contribution in [0, 0.1) is 5.92 Å². The van der Waals surface area contributed by atoms with E-state index in [1.54, 1.807) is 0 Å². The predicted octanol–water partition coefficient (Wildman–Crippen LogP) is 2.92. The van der Waals surface area contributed by atoms with Gasteiger partial charge in [-0.3, -0.25) is 0 Å². The Morgan fingerprint density at radius 3 is 2.63 bits per heavy atom. The maximum Gasteiger partial charge on any atom is 0.243 e. The molecule has 0 aromatic carbocycles. The van der Waals surface area contributed by atoms with Crippen molar-refractivity contribution >= 4 is 0 Å². The summed E-state index contributed by atoms with van der Waals surface area (Å²) in [6.07, 6.45) is 5.24. The number of ether oxygens (including phenoxy) is 1. The maximum atomic E-state index is 6.14. The third kappa shape index (κ3) is 2.82. The third-order valence-electron chi connectivity index (χ3n) is 4.22. The Bertz CT molecular complexity index is 399. The van der Waals surface area contributed by atoms with E-state index >= 15 is 0 Å². The molecule has 5 nitrogen and oxygen atoms in total. The minimum Gasteiger partial charge on any atom is -0.367 e. The van der Waals surface area contributed by atoms with Gasteiger partial charge in [-0.25, -0.2) is 0 Å². The van der Waals surface area contributed by atoms with Gasteiger partial charge in [-0.05, 0) is 38.5 Å². The number of hydrogen-bond donors (Lipinski definition) is 1. The van der Waals surface area contributed by atoms with Crippen molar-refractivity contribution in [2.24, 2.45) is 11.7 Å². The molecule has 1 heterocycles. The first-order valence-electron chi connectivity index (χ1n) is 7.36. The molecule has 0 saturated heterocycles. The molecule has 2 N–H and O–H groups in total. The molecule has 1 saturated carbocycles. The molecule has 1 fully saturated rings. The first-order valence-corrected chi connectivity index (χ1v) is 7.36. The molecule has 19 heavy (non-hydrogen) atoms. The van der Waals surface area contributed by atoms with Crippen molar-refractivity contribution in [1.82, 2.24) is 10.1 Å². The summed E-state index contributed by atoms with van der Waals surface area (Å²) in [5, 5.41) is 4.14. The van der Waals surface area contributed by atoms with Crippen LogP contribution in [-0.2, 0) is 10.3 Å². The SMILES string of the molecule is CCOC1(c2noc([C@@H](N)[C@@H](C)CC)n2)CCCC1. The highest BCUT2D eigenvalue weighted by molar-refractivity contribution is 5.06. The Hall–Kier alpha value is -0.940. The number of nitrogens with zero attached hydrogens (tertiary/aromatic N) is 2. The molecule has 1 aliphatic rings. The Kier molecular flexibility index (Phi) is 4.58. The van der Waals surface area contributed by atoms with Crippen LogP contribution in [0.25, 0.3) is 0 Å². The summed E-state index contributed by atoms with van der Waals surface area (Å²) in [6, 6.07) is -0.189. The highest BCUT2D eigenvalue weighted by Gasteiger charge is 2.41.